The molecule has 2 aromatic heterocycles. The molecule has 10 nitrogen and oxygen atoms in total. The fourth-order valence-electron chi connectivity index (χ4n) is 7.37. The van der Waals surface area contributed by atoms with E-state index in [0.717, 1.165) is 48.5 Å². The molecule has 52 heavy (non-hydrogen) atoms. The van der Waals surface area contributed by atoms with Crippen LogP contribution in [0.15, 0.2) is 64.6 Å². The maximum Gasteiger partial charge on any atom is 0.425 e. The molecule has 5 rings (SSSR count). The molecule has 3 N–H and O–H groups in total. The number of benzene rings is 1. The number of carbonyl (C=O) groups is 2. The number of hydrogen-bond acceptors (Lipinski definition) is 7. The molecule has 2 atom stereocenters. The van der Waals surface area contributed by atoms with Crippen molar-refractivity contribution < 1.29 is 40.7 Å². The molecular formula is C35H41F6N7O3S. The number of nitrogens with two attached hydrogens (primary N) is 1. The summed E-state index contributed by atoms with van der Waals surface area (Å²) in [6.45, 7) is 3.02. The normalized spacial score (nSPS) is 20.3. The summed E-state index contributed by atoms with van der Waals surface area (Å²) >= 11 is 0.415. The fraction of sp³-hybridized carbons (Fsp3) is 0.514. The van der Waals surface area contributed by atoms with Crippen LogP contribution in [0.1, 0.15) is 89.7 Å². The maximum absolute atomic E-state index is 14.9. The first-order chi connectivity index (χ1) is 24.8. The summed E-state index contributed by atoms with van der Waals surface area (Å²) in [4.78, 5) is 34.6. The van der Waals surface area contributed by atoms with Crippen molar-refractivity contribution in [1.29, 1.82) is 0 Å². The molecular weight excluding hydrogens is 712 g/mol. The first-order valence-corrected chi connectivity index (χ1v) is 18.0. The predicted molar refractivity (Wildman–Crippen MR) is 181 cm³/mol. The molecule has 2 amide bonds. The second-order valence-corrected chi connectivity index (χ2v) is 13.9. The number of alkyl halides is 6. The van der Waals surface area contributed by atoms with Crippen molar-refractivity contribution in [3.05, 3.63) is 81.3 Å². The largest absolute Gasteiger partial charge is 0.474 e. The van der Waals surface area contributed by atoms with Gasteiger partial charge in [-0.15, -0.1) is 11.3 Å². The minimum Gasteiger partial charge on any atom is -0.474 e. The molecule has 2 aliphatic heterocycles. The average molecular weight is 754 g/mol. The number of hydrogen-bond donors (Lipinski definition) is 2. The number of rotatable bonds is 12. The molecule has 4 heterocycles. The first kappa shape index (κ1) is 38.8. The van der Waals surface area contributed by atoms with Crippen molar-refractivity contribution in [2.75, 3.05) is 26.2 Å². The summed E-state index contributed by atoms with van der Waals surface area (Å²) in [5, 5.41) is 7.92. The topological polar surface area (TPSA) is 126 Å². The molecule has 0 spiro atoms. The van der Waals surface area contributed by atoms with E-state index in [1.54, 1.807) is 11.8 Å². The molecule has 3 aromatic rings. The molecule has 1 aromatic carbocycles. The third-order valence-electron chi connectivity index (χ3n) is 9.70. The summed E-state index contributed by atoms with van der Waals surface area (Å²) < 4.78 is 89.4. The van der Waals surface area contributed by atoms with Gasteiger partial charge in [-0.3, -0.25) is 20.0 Å². The SMILES string of the molecule is CCCC1N(C(=O)c2cnccc2C(F)(F)F)CCCC1(Oc1csc(C(F)(F)F)c1)C(=O)N1CCC(c2ccccc2CCCNN=NN)CC1. The molecule has 2 aliphatic rings. The summed E-state index contributed by atoms with van der Waals surface area (Å²) in [5.41, 5.74) is 1.40. The standard InChI is InChI=1S/C35H41F6N7O3S/c1-2-7-29-33(51-25-20-30(52-22-25)35(39,40)41,14-6-17-48(29)31(49)27-21-43-16-11-28(27)34(36,37)38)32(50)47-18-12-24(13-19-47)26-10-4-3-8-23(26)9-5-15-44-46-45-42/h3-4,8,10-11,16,20-22,24,29H,2,5-7,9,12-15,17-19H2,1H3,(H2,42,46)(H,44,45). The van der Waals surface area contributed by atoms with Gasteiger partial charge in [-0.25, -0.2) is 0 Å². The highest BCUT2D eigenvalue weighted by Gasteiger charge is 2.56. The molecule has 0 saturated carbocycles. The Kier molecular flexibility index (Phi) is 12.3. The molecule has 282 valence electrons. The van der Waals surface area contributed by atoms with Gasteiger partial charge in [-0.1, -0.05) is 48.1 Å². The highest BCUT2D eigenvalue weighted by atomic mass is 32.1. The third kappa shape index (κ3) is 8.61. The second kappa shape index (κ2) is 16.5. The van der Waals surface area contributed by atoms with Crippen molar-refractivity contribution in [3.63, 3.8) is 0 Å². The van der Waals surface area contributed by atoms with Crippen LogP contribution in [0.5, 0.6) is 5.75 Å². The Hall–Kier alpha value is -4.41. The lowest BCUT2D eigenvalue weighted by molar-refractivity contribution is -0.160. The monoisotopic (exact) mass is 753 g/mol. The van der Waals surface area contributed by atoms with Crippen LogP contribution >= 0.6 is 11.3 Å². The van der Waals surface area contributed by atoms with E-state index in [0.29, 0.717) is 50.2 Å². The second-order valence-electron chi connectivity index (χ2n) is 13.0. The number of ether oxygens (including phenoxy) is 1. The Labute approximate surface area is 301 Å². The average Bonchev–Trinajstić information content (AvgIpc) is 3.61. The van der Waals surface area contributed by atoms with Gasteiger partial charge in [0.25, 0.3) is 11.8 Å². The van der Waals surface area contributed by atoms with Gasteiger partial charge in [0.05, 0.1) is 17.2 Å². The fourth-order valence-corrected chi connectivity index (χ4v) is 8.05. The quantitative estimate of drug-likeness (QED) is 0.0647. The Morgan fingerprint density at radius 3 is 2.52 bits per heavy atom. The van der Waals surface area contributed by atoms with E-state index in [1.165, 1.54) is 10.3 Å². The number of likely N-dealkylation sites (tertiary alicyclic amines) is 2. The lowest BCUT2D eigenvalue weighted by atomic mass is 9.78. The van der Waals surface area contributed by atoms with E-state index in [2.05, 4.69) is 33.0 Å². The zero-order valence-corrected chi connectivity index (χ0v) is 29.4. The number of thiophene rings is 1. The van der Waals surface area contributed by atoms with Crippen LogP contribution in [0.2, 0.25) is 0 Å². The highest BCUT2D eigenvalue weighted by Crippen LogP contribution is 2.43. The van der Waals surface area contributed by atoms with E-state index in [1.807, 2.05) is 12.1 Å². The molecule has 2 fully saturated rings. The lowest BCUT2D eigenvalue weighted by Gasteiger charge is -2.50. The summed E-state index contributed by atoms with van der Waals surface area (Å²) in [6.07, 6.45) is -4.17. The van der Waals surface area contributed by atoms with Crippen LogP contribution in [-0.2, 0) is 23.6 Å². The van der Waals surface area contributed by atoms with Crippen LogP contribution in [0, 0.1) is 0 Å². The number of aromatic nitrogens is 1. The number of pyridine rings is 1. The van der Waals surface area contributed by atoms with Crippen molar-refractivity contribution in [1.82, 2.24) is 20.2 Å². The predicted octanol–water partition coefficient (Wildman–Crippen LogP) is 7.57. The zero-order valence-electron chi connectivity index (χ0n) is 28.6. The van der Waals surface area contributed by atoms with Gasteiger partial charge < -0.3 is 20.4 Å². The number of nitrogens with one attached hydrogen (secondary N) is 1. The number of amides is 2. The Morgan fingerprint density at radius 2 is 1.85 bits per heavy atom. The van der Waals surface area contributed by atoms with Crippen LogP contribution in [0.4, 0.5) is 26.3 Å². The first-order valence-electron chi connectivity index (χ1n) is 17.2. The summed E-state index contributed by atoms with van der Waals surface area (Å²) in [5.74, 6) is 3.50. The van der Waals surface area contributed by atoms with Gasteiger partial charge >= 0.3 is 12.4 Å². The number of piperidine rings is 2. The van der Waals surface area contributed by atoms with Crippen LogP contribution in [0.3, 0.4) is 0 Å². The Balaban J connectivity index is 1.45. The number of aryl methyl sites for hydroxylation is 1. The van der Waals surface area contributed by atoms with E-state index < -0.39 is 51.8 Å². The van der Waals surface area contributed by atoms with Crippen molar-refractivity contribution in [2.24, 2.45) is 16.3 Å². The number of carbonyl (C=O) groups excluding carboxylic acids is 2. The molecule has 2 saturated heterocycles. The summed E-state index contributed by atoms with van der Waals surface area (Å²) in [6, 6.07) is 8.53. The lowest BCUT2D eigenvalue weighted by Crippen LogP contribution is -2.68. The van der Waals surface area contributed by atoms with Gasteiger partial charge in [-0.2, -0.15) is 26.3 Å². The minimum atomic E-state index is -4.85. The third-order valence-corrected chi connectivity index (χ3v) is 10.7. The number of halogens is 6. The van der Waals surface area contributed by atoms with E-state index >= 15 is 0 Å². The van der Waals surface area contributed by atoms with Gasteiger partial charge in [-0.05, 0) is 61.6 Å². The maximum atomic E-state index is 14.9. The van der Waals surface area contributed by atoms with E-state index in [9.17, 15) is 35.9 Å². The molecule has 0 bridgehead atoms. The van der Waals surface area contributed by atoms with Gasteiger partial charge in [0.1, 0.15) is 10.6 Å². The smallest absolute Gasteiger partial charge is 0.425 e. The number of nitrogens with zero attached hydrogens (tertiary/aromatic N) is 5. The van der Waals surface area contributed by atoms with Crippen molar-refractivity contribution in [3.8, 4) is 5.75 Å². The van der Waals surface area contributed by atoms with Crippen LogP contribution in [0.25, 0.3) is 0 Å². The van der Waals surface area contributed by atoms with Gasteiger partial charge in [0.15, 0.2) is 0 Å². The molecule has 0 radical (unpaired) electrons. The zero-order chi connectivity index (χ0) is 37.5. The Bertz CT molecular complexity index is 1710. The Morgan fingerprint density at radius 1 is 1.10 bits per heavy atom. The molecule has 0 aliphatic carbocycles. The summed E-state index contributed by atoms with van der Waals surface area (Å²) in [7, 11) is 0. The highest BCUT2D eigenvalue weighted by molar-refractivity contribution is 7.10. The van der Waals surface area contributed by atoms with E-state index in [-0.39, 0.29) is 37.5 Å². The van der Waals surface area contributed by atoms with Crippen LogP contribution in [-0.4, -0.2) is 64.4 Å². The van der Waals surface area contributed by atoms with Crippen molar-refractivity contribution >= 4 is 23.2 Å². The van der Waals surface area contributed by atoms with Crippen molar-refractivity contribution in [2.45, 2.75) is 88.2 Å². The van der Waals surface area contributed by atoms with Gasteiger partial charge in [0, 0.05) is 56.4 Å². The van der Waals surface area contributed by atoms with E-state index in [4.69, 9.17) is 10.6 Å². The van der Waals surface area contributed by atoms with Gasteiger partial charge in [0.2, 0.25) is 5.60 Å². The van der Waals surface area contributed by atoms with Crippen LogP contribution < -0.4 is 16.0 Å². The molecule has 2 unspecified atom stereocenters. The molecule has 17 heteroatoms. The minimum absolute atomic E-state index is 0.0228.